The number of methoxy groups -OCH3 is 2. The van der Waals surface area contributed by atoms with Gasteiger partial charge in [-0.15, -0.1) is 0 Å². The summed E-state index contributed by atoms with van der Waals surface area (Å²) in [5.41, 5.74) is -1.88. The molecule has 1 aliphatic rings. The Balaban J connectivity index is 2.69. The summed E-state index contributed by atoms with van der Waals surface area (Å²) in [4.78, 5) is 48.0. The molecule has 1 amide bonds. The van der Waals surface area contributed by atoms with Gasteiger partial charge in [-0.05, 0) is 12.1 Å². The lowest BCUT2D eigenvalue weighted by atomic mass is 10.1. The topological polar surface area (TPSA) is 90.0 Å². The summed E-state index contributed by atoms with van der Waals surface area (Å²) in [7, 11) is 1.91. The number of anilines is 1. The molecule has 7 nitrogen and oxygen atoms in total. The van der Waals surface area contributed by atoms with Crippen LogP contribution in [-0.4, -0.2) is 37.8 Å². The third kappa shape index (κ3) is 2.56. The van der Waals surface area contributed by atoms with Gasteiger partial charge in [0.05, 0.1) is 19.9 Å². The van der Waals surface area contributed by atoms with Crippen LogP contribution in [0.2, 0.25) is 0 Å². The van der Waals surface area contributed by atoms with Crippen molar-refractivity contribution in [1.29, 1.82) is 0 Å². The molecule has 1 heterocycles. The number of carbonyl (C=O) groups is 4. The van der Waals surface area contributed by atoms with Crippen LogP contribution in [0.4, 0.5) is 14.5 Å². The number of hydrogen-bond acceptors (Lipinski definition) is 6. The van der Waals surface area contributed by atoms with Crippen molar-refractivity contribution in [3.63, 3.8) is 0 Å². The summed E-state index contributed by atoms with van der Waals surface area (Å²) in [5, 5.41) is 0. The number of nitrogens with zero attached hydrogens (tertiary/aromatic N) is 1. The van der Waals surface area contributed by atoms with E-state index in [4.69, 9.17) is 0 Å². The third-order valence-electron chi connectivity index (χ3n) is 3.01. The number of ketones is 1. The Bertz CT molecular complexity index is 771. The zero-order chi connectivity index (χ0) is 17.3. The van der Waals surface area contributed by atoms with E-state index >= 15 is 0 Å². The minimum atomic E-state index is -1.32. The van der Waals surface area contributed by atoms with Crippen molar-refractivity contribution in [3.8, 4) is 0 Å². The van der Waals surface area contributed by atoms with Crippen LogP contribution in [0.15, 0.2) is 29.5 Å². The van der Waals surface area contributed by atoms with Gasteiger partial charge in [0.2, 0.25) is 0 Å². The third-order valence-corrected chi connectivity index (χ3v) is 3.01. The second-order valence-electron chi connectivity index (χ2n) is 4.27. The Kier molecular flexibility index (Phi) is 4.21. The number of benzene rings is 1. The fourth-order valence-electron chi connectivity index (χ4n) is 1.98. The summed E-state index contributed by atoms with van der Waals surface area (Å²) in [6.07, 6.45) is 0. The van der Waals surface area contributed by atoms with Gasteiger partial charge in [-0.3, -0.25) is 14.5 Å². The minimum Gasteiger partial charge on any atom is -0.465 e. The van der Waals surface area contributed by atoms with E-state index in [0.717, 1.165) is 20.3 Å². The maximum absolute atomic E-state index is 13.4. The highest BCUT2D eigenvalue weighted by Gasteiger charge is 2.47. The summed E-state index contributed by atoms with van der Waals surface area (Å²) in [6, 6.07) is 2.27. The van der Waals surface area contributed by atoms with Crippen molar-refractivity contribution in [1.82, 2.24) is 0 Å². The Hall–Kier alpha value is -3.10. The largest absolute Gasteiger partial charge is 0.465 e. The summed E-state index contributed by atoms with van der Waals surface area (Å²) >= 11 is 0. The molecule has 0 unspecified atom stereocenters. The van der Waals surface area contributed by atoms with Crippen LogP contribution in [-0.2, 0) is 28.7 Å². The first-order chi connectivity index (χ1) is 10.8. The average molecular weight is 325 g/mol. The lowest BCUT2D eigenvalue weighted by Crippen LogP contribution is -2.31. The first kappa shape index (κ1) is 16.3. The van der Waals surface area contributed by atoms with Gasteiger partial charge in [-0.1, -0.05) is 0 Å². The molecule has 0 N–H and O–H groups in total. The Labute approximate surface area is 128 Å². The number of amides is 1. The number of Topliss-reactive ketones (excluding diaryl/α,β-unsaturated/α-hetero) is 1. The van der Waals surface area contributed by atoms with E-state index < -0.39 is 46.5 Å². The normalized spacial score (nSPS) is 14.3. The monoisotopic (exact) mass is 325 g/mol. The molecule has 0 fully saturated rings. The molecule has 9 heteroatoms. The standard InChI is InChI=1S/C14H9F2NO6/c1-22-13(20)9-10(14(21)23-2)17(12(19)11(9)18)6-3-4-7(15)8(16)5-6/h3-5H,1-2H3. The first-order valence-electron chi connectivity index (χ1n) is 6.08. The number of halogens is 2. The molecule has 1 aromatic carbocycles. The van der Waals surface area contributed by atoms with Crippen LogP contribution in [0.25, 0.3) is 0 Å². The lowest BCUT2D eigenvalue weighted by Gasteiger charge is -2.18. The highest BCUT2D eigenvalue weighted by atomic mass is 19.2. The van der Waals surface area contributed by atoms with Gasteiger partial charge in [-0.25, -0.2) is 18.4 Å². The Morgan fingerprint density at radius 3 is 2.13 bits per heavy atom. The SMILES string of the molecule is COC(=O)C1=C(C(=O)OC)N(c2ccc(F)c(F)c2)C(=O)C1=O. The average Bonchev–Trinajstić information content (AvgIpc) is 2.80. The van der Waals surface area contributed by atoms with E-state index in [1.165, 1.54) is 0 Å². The maximum atomic E-state index is 13.4. The number of rotatable bonds is 3. The second kappa shape index (κ2) is 5.95. The van der Waals surface area contributed by atoms with Gasteiger partial charge in [-0.2, -0.15) is 0 Å². The molecule has 0 saturated heterocycles. The molecule has 0 saturated carbocycles. The molecule has 0 aromatic heterocycles. The smallest absolute Gasteiger partial charge is 0.356 e. The molecule has 1 aliphatic heterocycles. The zero-order valence-electron chi connectivity index (χ0n) is 11.9. The van der Waals surface area contributed by atoms with Gasteiger partial charge >= 0.3 is 17.8 Å². The van der Waals surface area contributed by atoms with Crippen LogP contribution in [0, 0.1) is 11.6 Å². The molecule has 2 rings (SSSR count). The maximum Gasteiger partial charge on any atom is 0.356 e. The molecule has 1 aromatic rings. The predicted molar refractivity (Wildman–Crippen MR) is 69.9 cm³/mol. The fourth-order valence-corrected chi connectivity index (χ4v) is 1.98. The van der Waals surface area contributed by atoms with E-state index in [0.29, 0.717) is 17.0 Å². The highest BCUT2D eigenvalue weighted by Crippen LogP contribution is 2.30. The fraction of sp³-hybridized carbons (Fsp3) is 0.143. The van der Waals surface area contributed by atoms with Crippen LogP contribution in [0.3, 0.4) is 0 Å². The van der Waals surface area contributed by atoms with E-state index in [-0.39, 0.29) is 5.69 Å². The molecule has 0 spiro atoms. The van der Waals surface area contributed by atoms with Crippen molar-refractivity contribution in [2.45, 2.75) is 0 Å². The first-order valence-corrected chi connectivity index (χ1v) is 6.08. The molecule has 0 atom stereocenters. The number of esters is 2. The van der Waals surface area contributed by atoms with Crippen LogP contribution >= 0.6 is 0 Å². The number of ether oxygens (including phenoxy) is 2. The van der Waals surface area contributed by atoms with E-state index in [2.05, 4.69) is 9.47 Å². The quantitative estimate of drug-likeness (QED) is 0.456. The predicted octanol–water partition coefficient (Wildman–Crippen LogP) is 0.481. The van der Waals surface area contributed by atoms with Crippen molar-refractivity contribution < 1.29 is 37.4 Å². The van der Waals surface area contributed by atoms with Crippen molar-refractivity contribution in [2.75, 3.05) is 19.1 Å². The van der Waals surface area contributed by atoms with Crippen LogP contribution < -0.4 is 4.90 Å². The minimum absolute atomic E-state index is 0.318. The summed E-state index contributed by atoms with van der Waals surface area (Å²) in [5.74, 6) is -7.52. The molecular weight excluding hydrogens is 316 g/mol. The molecular formula is C14H9F2NO6. The second-order valence-corrected chi connectivity index (χ2v) is 4.27. The van der Waals surface area contributed by atoms with Crippen LogP contribution in [0.5, 0.6) is 0 Å². The van der Waals surface area contributed by atoms with Crippen molar-refractivity contribution >= 4 is 29.3 Å². The Morgan fingerprint density at radius 2 is 1.61 bits per heavy atom. The Morgan fingerprint density at radius 1 is 1.00 bits per heavy atom. The molecule has 0 bridgehead atoms. The molecule has 0 radical (unpaired) electrons. The van der Waals surface area contributed by atoms with Gasteiger partial charge < -0.3 is 9.47 Å². The van der Waals surface area contributed by atoms with Gasteiger partial charge in [0, 0.05) is 6.07 Å². The molecule has 23 heavy (non-hydrogen) atoms. The van der Waals surface area contributed by atoms with E-state index in [1.807, 2.05) is 0 Å². The number of carbonyl (C=O) groups excluding carboxylic acids is 4. The summed E-state index contributed by atoms with van der Waals surface area (Å²) < 4.78 is 35.2. The van der Waals surface area contributed by atoms with E-state index in [9.17, 15) is 28.0 Å². The van der Waals surface area contributed by atoms with E-state index in [1.54, 1.807) is 0 Å². The summed E-state index contributed by atoms with van der Waals surface area (Å²) in [6.45, 7) is 0. The molecule has 120 valence electrons. The highest BCUT2D eigenvalue weighted by molar-refractivity contribution is 6.57. The van der Waals surface area contributed by atoms with Crippen LogP contribution in [0.1, 0.15) is 0 Å². The molecule has 0 aliphatic carbocycles. The number of hydrogen-bond donors (Lipinski definition) is 0. The van der Waals surface area contributed by atoms with Crippen molar-refractivity contribution in [2.24, 2.45) is 0 Å². The zero-order valence-corrected chi connectivity index (χ0v) is 11.9. The van der Waals surface area contributed by atoms with Crippen molar-refractivity contribution in [3.05, 3.63) is 41.1 Å². The van der Waals surface area contributed by atoms with Gasteiger partial charge in [0.15, 0.2) is 17.3 Å². The van der Waals surface area contributed by atoms with Gasteiger partial charge in [0.1, 0.15) is 5.57 Å². The lowest BCUT2D eigenvalue weighted by molar-refractivity contribution is -0.141. The van der Waals surface area contributed by atoms with Gasteiger partial charge in [0.25, 0.3) is 5.78 Å².